The maximum absolute atomic E-state index is 9.85. The summed E-state index contributed by atoms with van der Waals surface area (Å²) in [5, 5.41) is 10.8. The second kappa shape index (κ2) is 4.82. The second-order valence-corrected chi connectivity index (χ2v) is 4.56. The van der Waals surface area contributed by atoms with E-state index in [1.54, 1.807) is 6.21 Å². The van der Waals surface area contributed by atoms with Gasteiger partial charge in [0, 0.05) is 23.7 Å². The van der Waals surface area contributed by atoms with Crippen molar-refractivity contribution in [1.29, 1.82) is 0 Å². The van der Waals surface area contributed by atoms with Crippen LogP contribution in [0.1, 0.15) is 18.4 Å². The third kappa shape index (κ3) is 2.11. The molecule has 3 rings (SSSR count). The topological polar surface area (TPSA) is 57.6 Å². The van der Waals surface area contributed by atoms with Gasteiger partial charge in [0.1, 0.15) is 0 Å². The fraction of sp³-hybridized carbons (Fsp3) is 0.357. The second-order valence-electron chi connectivity index (χ2n) is 4.56. The first-order valence-electron chi connectivity index (χ1n) is 6.25. The molecule has 1 fully saturated rings. The molecule has 0 radical (unpaired) electrons. The molecular formula is C14H16N2O2. The molecule has 0 unspecified atom stereocenters. The molecule has 94 valence electrons. The number of aliphatic imine (C=N–C) groups is 1. The van der Waals surface area contributed by atoms with Crippen molar-refractivity contribution in [3.8, 4) is 5.88 Å². The molecule has 2 heterocycles. The van der Waals surface area contributed by atoms with E-state index in [0.717, 1.165) is 35.9 Å². The van der Waals surface area contributed by atoms with Crippen molar-refractivity contribution in [2.45, 2.75) is 18.9 Å². The summed E-state index contributed by atoms with van der Waals surface area (Å²) in [6, 6.07) is 7.80. The van der Waals surface area contributed by atoms with Crippen LogP contribution in [0.4, 0.5) is 0 Å². The van der Waals surface area contributed by atoms with Gasteiger partial charge in [-0.3, -0.25) is 4.99 Å². The van der Waals surface area contributed by atoms with E-state index in [0.29, 0.717) is 6.54 Å². The Hall–Kier alpha value is -1.81. The van der Waals surface area contributed by atoms with Gasteiger partial charge in [-0.1, -0.05) is 18.2 Å². The van der Waals surface area contributed by atoms with Gasteiger partial charge in [0.25, 0.3) is 0 Å². The Morgan fingerprint density at radius 2 is 2.33 bits per heavy atom. The predicted octanol–water partition coefficient (Wildman–Crippen LogP) is 2.47. The quantitative estimate of drug-likeness (QED) is 0.815. The lowest BCUT2D eigenvalue weighted by atomic mass is 10.2. The minimum atomic E-state index is 0.173. The van der Waals surface area contributed by atoms with Gasteiger partial charge in [0.2, 0.25) is 0 Å². The van der Waals surface area contributed by atoms with Crippen molar-refractivity contribution < 1.29 is 9.84 Å². The molecule has 1 saturated heterocycles. The number of H-pyrrole nitrogens is 1. The lowest BCUT2D eigenvalue weighted by Gasteiger charge is -2.03. The molecule has 2 aromatic rings. The molecule has 1 aromatic heterocycles. The number of nitrogens with zero attached hydrogens (tertiary/aromatic N) is 1. The number of benzene rings is 1. The van der Waals surface area contributed by atoms with Crippen molar-refractivity contribution in [3.05, 3.63) is 29.8 Å². The zero-order valence-corrected chi connectivity index (χ0v) is 10.1. The molecule has 1 aliphatic rings. The highest BCUT2D eigenvalue weighted by Crippen LogP contribution is 2.25. The molecule has 18 heavy (non-hydrogen) atoms. The maximum Gasteiger partial charge on any atom is 0.198 e. The standard InChI is InChI=1S/C14H16N2O2/c17-14-12(9-15-8-10-4-3-7-18-10)11-5-1-2-6-13(11)16-14/h1-2,5-6,9-10,16-17H,3-4,7-8H2/t10-/m0/s1. The zero-order valence-electron chi connectivity index (χ0n) is 10.1. The van der Waals surface area contributed by atoms with E-state index in [2.05, 4.69) is 9.98 Å². The van der Waals surface area contributed by atoms with E-state index in [-0.39, 0.29) is 12.0 Å². The van der Waals surface area contributed by atoms with Crippen LogP contribution in [0.2, 0.25) is 0 Å². The molecule has 0 amide bonds. The van der Waals surface area contributed by atoms with Crippen LogP contribution >= 0.6 is 0 Å². The van der Waals surface area contributed by atoms with Gasteiger partial charge >= 0.3 is 0 Å². The summed E-state index contributed by atoms with van der Waals surface area (Å²) >= 11 is 0. The van der Waals surface area contributed by atoms with Gasteiger partial charge in [0.15, 0.2) is 5.88 Å². The minimum Gasteiger partial charge on any atom is -0.494 e. The van der Waals surface area contributed by atoms with Crippen LogP contribution in [0.25, 0.3) is 10.9 Å². The van der Waals surface area contributed by atoms with Crippen LogP contribution in [0.3, 0.4) is 0 Å². The molecule has 0 aliphatic carbocycles. The Kier molecular flexibility index (Phi) is 3.02. The van der Waals surface area contributed by atoms with Gasteiger partial charge in [0.05, 0.1) is 18.2 Å². The van der Waals surface area contributed by atoms with E-state index in [9.17, 15) is 5.11 Å². The highest BCUT2D eigenvalue weighted by atomic mass is 16.5. The fourth-order valence-electron chi connectivity index (χ4n) is 2.33. The van der Waals surface area contributed by atoms with Crippen molar-refractivity contribution >= 4 is 17.1 Å². The molecule has 0 spiro atoms. The van der Waals surface area contributed by atoms with Crippen LogP contribution < -0.4 is 0 Å². The monoisotopic (exact) mass is 244 g/mol. The molecule has 4 heteroatoms. The van der Waals surface area contributed by atoms with Crippen LogP contribution in [-0.2, 0) is 4.74 Å². The number of ether oxygens (including phenoxy) is 1. The molecule has 1 atom stereocenters. The largest absolute Gasteiger partial charge is 0.494 e. The van der Waals surface area contributed by atoms with E-state index >= 15 is 0 Å². The zero-order chi connectivity index (χ0) is 12.4. The Morgan fingerprint density at radius 1 is 1.44 bits per heavy atom. The molecule has 1 aromatic carbocycles. The first-order chi connectivity index (χ1) is 8.84. The van der Waals surface area contributed by atoms with Crippen molar-refractivity contribution in [3.63, 3.8) is 0 Å². The predicted molar refractivity (Wildman–Crippen MR) is 71.4 cm³/mol. The summed E-state index contributed by atoms with van der Waals surface area (Å²) in [4.78, 5) is 7.32. The van der Waals surface area contributed by atoms with E-state index in [1.807, 2.05) is 24.3 Å². The first-order valence-corrected chi connectivity index (χ1v) is 6.25. The lowest BCUT2D eigenvalue weighted by molar-refractivity contribution is 0.118. The fourth-order valence-corrected chi connectivity index (χ4v) is 2.33. The first kappa shape index (κ1) is 11.3. The number of fused-ring (bicyclic) bond motifs is 1. The normalized spacial score (nSPS) is 20.1. The summed E-state index contributed by atoms with van der Waals surface area (Å²) in [5.74, 6) is 0.173. The lowest BCUT2D eigenvalue weighted by Crippen LogP contribution is -2.08. The number of nitrogens with one attached hydrogen (secondary N) is 1. The molecule has 2 N–H and O–H groups in total. The summed E-state index contributed by atoms with van der Waals surface area (Å²) in [6.07, 6.45) is 4.18. The Morgan fingerprint density at radius 3 is 3.17 bits per heavy atom. The van der Waals surface area contributed by atoms with E-state index in [4.69, 9.17) is 4.74 Å². The van der Waals surface area contributed by atoms with Crippen LogP contribution in [0, 0.1) is 0 Å². The van der Waals surface area contributed by atoms with Crippen molar-refractivity contribution in [2.75, 3.05) is 13.2 Å². The van der Waals surface area contributed by atoms with Crippen LogP contribution in [0.15, 0.2) is 29.3 Å². The smallest absolute Gasteiger partial charge is 0.198 e. The number of aromatic amines is 1. The molecular weight excluding hydrogens is 228 g/mol. The number of hydrogen-bond donors (Lipinski definition) is 2. The summed E-state index contributed by atoms with van der Waals surface area (Å²) in [5.41, 5.74) is 1.68. The molecule has 4 nitrogen and oxygen atoms in total. The minimum absolute atomic E-state index is 0.173. The number of rotatable bonds is 3. The average molecular weight is 244 g/mol. The average Bonchev–Trinajstić information content (AvgIpc) is 2.98. The number of hydrogen-bond acceptors (Lipinski definition) is 3. The van der Waals surface area contributed by atoms with Gasteiger partial charge in [-0.05, 0) is 18.9 Å². The molecule has 0 saturated carbocycles. The van der Waals surface area contributed by atoms with Gasteiger partial charge < -0.3 is 14.8 Å². The third-order valence-corrected chi connectivity index (χ3v) is 3.28. The molecule has 0 bridgehead atoms. The highest BCUT2D eigenvalue weighted by molar-refractivity contribution is 6.01. The SMILES string of the molecule is Oc1[nH]c2ccccc2c1C=NC[C@@H]1CCCO1. The van der Waals surface area contributed by atoms with Gasteiger partial charge in [-0.15, -0.1) is 0 Å². The summed E-state index contributed by atoms with van der Waals surface area (Å²) in [6.45, 7) is 1.51. The molecule has 1 aliphatic heterocycles. The third-order valence-electron chi connectivity index (χ3n) is 3.28. The van der Waals surface area contributed by atoms with Crippen molar-refractivity contribution in [2.24, 2.45) is 4.99 Å². The Bertz CT molecular complexity index is 568. The Balaban J connectivity index is 1.80. The Labute approximate surface area is 105 Å². The number of aromatic nitrogens is 1. The number of aromatic hydroxyl groups is 1. The van der Waals surface area contributed by atoms with Gasteiger partial charge in [-0.25, -0.2) is 0 Å². The van der Waals surface area contributed by atoms with Crippen LogP contribution in [0.5, 0.6) is 5.88 Å². The van der Waals surface area contributed by atoms with E-state index < -0.39 is 0 Å². The van der Waals surface area contributed by atoms with Gasteiger partial charge in [-0.2, -0.15) is 0 Å². The van der Waals surface area contributed by atoms with Crippen LogP contribution in [-0.4, -0.2) is 35.6 Å². The number of para-hydroxylation sites is 1. The summed E-state index contributed by atoms with van der Waals surface area (Å²) in [7, 11) is 0. The highest BCUT2D eigenvalue weighted by Gasteiger charge is 2.14. The maximum atomic E-state index is 9.85. The summed E-state index contributed by atoms with van der Waals surface area (Å²) < 4.78 is 5.51. The van der Waals surface area contributed by atoms with E-state index in [1.165, 1.54) is 0 Å². The van der Waals surface area contributed by atoms with Crippen molar-refractivity contribution in [1.82, 2.24) is 4.98 Å².